The molecule has 0 radical (unpaired) electrons. The normalized spacial score (nSPS) is 17.2. The lowest BCUT2D eigenvalue weighted by atomic mass is 9.83. The fourth-order valence-electron chi connectivity index (χ4n) is 2.51. The quantitative estimate of drug-likeness (QED) is 0.880. The summed E-state index contributed by atoms with van der Waals surface area (Å²) in [6, 6.07) is 5.74. The SMILES string of the molecule is CC(C)(C(=O)NCC1CNC1)c1ccc2c(c1)OCCO2.Cl. The first-order chi connectivity index (χ1) is 10.1. The minimum Gasteiger partial charge on any atom is -0.486 e. The van der Waals surface area contributed by atoms with Gasteiger partial charge in [0.2, 0.25) is 5.91 Å². The third-order valence-electron chi connectivity index (χ3n) is 4.25. The van der Waals surface area contributed by atoms with Crippen molar-refractivity contribution in [3.05, 3.63) is 23.8 Å². The fourth-order valence-corrected chi connectivity index (χ4v) is 2.51. The van der Waals surface area contributed by atoms with Crippen molar-refractivity contribution in [2.45, 2.75) is 19.3 Å². The van der Waals surface area contributed by atoms with Gasteiger partial charge in [-0.25, -0.2) is 0 Å². The largest absolute Gasteiger partial charge is 0.486 e. The summed E-state index contributed by atoms with van der Waals surface area (Å²) in [5.74, 6) is 2.08. The fraction of sp³-hybridized carbons (Fsp3) is 0.562. The predicted octanol–water partition coefficient (Wildman–Crippen LogP) is 1.49. The van der Waals surface area contributed by atoms with Crippen LogP contribution in [0.25, 0.3) is 0 Å². The molecule has 1 amide bonds. The number of ether oxygens (including phenoxy) is 2. The summed E-state index contributed by atoms with van der Waals surface area (Å²) in [7, 11) is 0. The van der Waals surface area contributed by atoms with Gasteiger partial charge in [-0.1, -0.05) is 6.07 Å². The molecule has 6 heteroatoms. The summed E-state index contributed by atoms with van der Waals surface area (Å²) < 4.78 is 11.1. The average molecular weight is 327 g/mol. The van der Waals surface area contributed by atoms with Crippen LogP contribution in [0.2, 0.25) is 0 Å². The van der Waals surface area contributed by atoms with E-state index in [0.717, 1.165) is 36.7 Å². The molecule has 122 valence electrons. The average Bonchev–Trinajstić information content (AvgIpc) is 2.45. The summed E-state index contributed by atoms with van der Waals surface area (Å²) in [4.78, 5) is 12.5. The maximum Gasteiger partial charge on any atom is 0.230 e. The van der Waals surface area contributed by atoms with Gasteiger partial charge in [-0.05, 0) is 31.5 Å². The topological polar surface area (TPSA) is 59.6 Å². The number of benzene rings is 1. The standard InChI is InChI=1S/C16H22N2O3.ClH/c1-16(2,15(19)18-10-11-8-17-9-11)12-3-4-13-14(7-12)21-6-5-20-13;/h3-4,7,11,17H,5-6,8-10H2,1-2H3,(H,18,19);1H. The molecular formula is C16H23ClN2O3. The van der Waals surface area contributed by atoms with Crippen molar-refractivity contribution in [2.75, 3.05) is 32.8 Å². The van der Waals surface area contributed by atoms with E-state index in [1.807, 2.05) is 32.0 Å². The van der Waals surface area contributed by atoms with Crippen molar-refractivity contribution < 1.29 is 14.3 Å². The van der Waals surface area contributed by atoms with E-state index in [2.05, 4.69) is 10.6 Å². The molecule has 2 aliphatic rings. The lowest BCUT2D eigenvalue weighted by molar-refractivity contribution is -0.125. The van der Waals surface area contributed by atoms with Crippen LogP contribution < -0.4 is 20.1 Å². The Balaban J connectivity index is 0.00000176. The van der Waals surface area contributed by atoms with Gasteiger partial charge < -0.3 is 20.1 Å². The maximum atomic E-state index is 12.5. The molecule has 3 rings (SSSR count). The Morgan fingerprint density at radius 1 is 1.27 bits per heavy atom. The molecule has 0 atom stereocenters. The molecule has 2 N–H and O–H groups in total. The van der Waals surface area contributed by atoms with E-state index in [9.17, 15) is 4.79 Å². The number of carbonyl (C=O) groups excluding carboxylic acids is 1. The van der Waals surface area contributed by atoms with Crippen LogP contribution in [0.15, 0.2) is 18.2 Å². The van der Waals surface area contributed by atoms with Gasteiger partial charge in [0.05, 0.1) is 5.41 Å². The van der Waals surface area contributed by atoms with Crippen molar-refractivity contribution in [1.82, 2.24) is 10.6 Å². The Kier molecular flexibility index (Phi) is 5.19. The first-order valence-corrected chi connectivity index (χ1v) is 7.46. The van der Waals surface area contributed by atoms with Gasteiger partial charge >= 0.3 is 0 Å². The molecule has 1 aromatic carbocycles. The van der Waals surface area contributed by atoms with Crippen molar-refractivity contribution in [3.8, 4) is 11.5 Å². The van der Waals surface area contributed by atoms with E-state index in [4.69, 9.17) is 9.47 Å². The molecule has 0 saturated carbocycles. The first kappa shape index (κ1) is 16.9. The second-order valence-electron chi connectivity index (χ2n) is 6.22. The number of fused-ring (bicyclic) bond motifs is 1. The van der Waals surface area contributed by atoms with Crippen LogP contribution in [-0.4, -0.2) is 38.8 Å². The Morgan fingerprint density at radius 2 is 1.95 bits per heavy atom. The van der Waals surface area contributed by atoms with Crippen LogP contribution in [0.3, 0.4) is 0 Å². The van der Waals surface area contributed by atoms with Crippen LogP contribution in [0.5, 0.6) is 11.5 Å². The zero-order chi connectivity index (χ0) is 14.9. The van der Waals surface area contributed by atoms with Crippen molar-refractivity contribution in [1.29, 1.82) is 0 Å². The molecule has 0 aliphatic carbocycles. The first-order valence-electron chi connectivity index (χ1n) is 7.46. The molecule has 1 fully saturated rings. The minimum atomic E-state index is -0.590. The van der Waals surface area contributed by atoms with Crippen LogP contribution in [0.4, 0.5) is 0 Å². The van der Waals surface area contributed by atoms with Crippen LogP contribution in [-0.2, 0) is 10.2 Å². The van der Waals surface area contributed by atoms with Gasteiger partial charge in [0.1, 0.15) is 13.2 Å². The molecule has 0 bridgehead atoms. The molecule has 22 heavy (non-hydrogen) atoms. The summed E-state index contributed by atoms with van der Waals surface area (Å²) in [5, 5.41) is 6.26. The predicted molar refractivity (Wildman–Crippen MR) is 87.1 cm³/mol. The van der Waals surface area contributed by atoms with E-state index < -0.39 is 5.41 Å². The minimum absolute atomic E-state index is 0. The number of nitrogens with one attached hydrogen (secondary N) is 2. The highest BCUT2D eigenvalue weighted by molar-refractivity contribution is 5.87. The van der Waals surface area contributed by atoms with E-state index in [1.54, 1.807) is 0 Å². The molecular weight excluding hydrogens is 304 g/mol. The van der Waals surface area contributed by atoms with Gasteiger partial charge in [-0.15, -0.1) is 12.4 Å². The summed E-state index contributed by atoms with van der Waals surface area (Å²) in [5.41, 5.74) is 0.350. The number of rotatable bonds is 4. The monoisotopic (exact) mass is 326 g/mol. The molecule has 1 aromatic rings. The number of amides is 1. The van der Waals surface area contributed by atoms with Gasteiger partial charge in [0, 0.05) is 25.6 Å². The van der Waals surface area contributed by atoms with Gasteiger partial charge in [0.15, 0.2) is 11.5 Å². The molecule has 5 nitrogen and oxygen atoms in total. The maximum absolute atomic E-state index is 12.5. The highest BCUT2D eigenvalue weighted by atomic mass is 35.5. The van der Waals surface area contributed by atoms with Gasteiger partial charge in [-0.2, -0.15) is 0 Å². The number of hydrogen-bond donors (Lipinski definition) is 2. The number of halogens is 1. The second kappa shape index (κ2) is 6.75. The molecule has 0 unspecified atom stereocenters. The van der Waals surface area contributed by atoms with Crippen molar-refractivity contribution in [2.24, 2.45) is 5.92 Å². The van der Waals surface area contributed by atoms with Crippen LogP contribution >= 0.6 is 12.4 Å². The lowest BCUT2D eigenvalue weighted by Crippen LogP contribution is -2.50. The third kappa shape index (κ3) is 3.31. The zero-order valence-corrected chi connectivity index (χ0v) is 13.8. The zero-order valence-electron chi connectivity index (χ0n) is 13.0. The van der Waals surface area contributed by atoms with Gasteiger partial charge in [0.25, 0.3) is 0 Å². The lowest BCUT2D eigenvalue weighted by Gasteiger charge is -2.30. The molecule has 2 aliphatic heterocycles. The van der Waals surface area contributed by atoms with E-state index in [-0.39, 0.29) is 18.3 Å². The summed E-state index contributed by atoms with van der Waals surface area (Å²) >= 11 is 0. The Bertz CT molecular complexity index is 544. The third-order valence-corrected chi connectivity index (χ3v) is 4.25. The van der Waals surface area contributed by atoms with E-state index >= 15 is 0 Å². The molecule has 1 saturated heterocycles. The Hall–Kier alpha value is -1.46. The van der Waals surface area contributed by atoms with E-state index in [0.29, 0.717) is 19.1 Å². The highest BCUT2D eigenvalue weighted by Gasteiger charge is 2.31. The molecule has 0 spiro atoms. The van der Waals surface area contributed by atoms with Crippen molar-refractivity contribution >= 4 is 18.3 Å². The van der Waals surface area contributed by atoms with Gasteiger partial charge in [-0.3, -0.25) is 4.79 Å². The number of hydrogen-bond acceptors (Lipinski definition) is 4. The van der Waals surface area contributed by atoms with Crippen LogP contribution in [0, 0.1) is 5.92 Å². The smallest absolute Gasteiger partial charge is 0.230 e. The molecule has 2 heterocycles. The summed E-state index contributed by atoms with van der Waals surface area (Å²) in [6.45, 7) is 7.72. The van der Waals surface area contributed by atoms with Crippen molar-refractivity contribution in [3.63, 3.8) is 0 Å². The Labute approximate surface area is 137 Å². The Morgan fingerprint density at radius 3 is 2.59 bits per heavy atom. The second-order valence-corrected chi connectivity index (χ2v) is 6.22. The van der Waals surface area contributed by atoms with E-state index in [1.165, 1.54) is 0 Å². The van der Waals surface area contributed by atoms with Crippen LogP contribution in [0.1, 0.15) is 19.4 Å². The highest BCUT2D eigenvalue weighted by Crippen LogP contribution is 2.35. The summed E-state index contributed by atoms with van der Waals surface area (Å²) in [6.07, 6.45) is 0. The number of carbonyl (C=O) groups is 1. The molecule has 0 aromatic heterocycles.